The molecule has 2 N–H and O–H groups in total. The van der Waals surface area contributed by atoms with E-state index >= 15 is 0 Å². The Labute approximate surface area is 149 Å². The Kier molecular flexibility index (Phi) is 5.98. The fraction of sp³-hybridized carbons (Fsp3) is 0.316. The number of rotatable bonds is 6. The zero-order valence-electron chi connectivity index (χ0n) is 15.0. The third-order valence-electron chi connectivity index (χ3n) is 3.96. The molecule has 0 aliphatic carbocycles. The molecule has 2 aromatic rings. The van der Waals surface area contributed by atoms with Crippen LogP contribution >= 0.6 is 0 Å². The topological polar surface area (TPSA) is 75.3 Å². The van der Waals surface area contributed by atoms with Gasteiger partial charge in [-0.05, 0) is 56.5 Å². The van der Waals surface area contributed by atoms with E-state index in [1.807, 2.05) is 39.0 Å². The highest BCUT2D eigenvalue weighted by atomic mass is 32.2. The van der Waals surface area contributed by atoms with Crippen LogP contribution < -0.4 is 10.0 Å². The van der Waals surface area contributed by atoms with Crippen LogP contribution in [-0.4, -0.2) is 27.4 Å². The highest BCUT2D eigenvalue weighted by Crippen LogP contribution is 2.16. The standard InChI is InChI=1S/C19H24N2O3S/c1-13-6-8-17(16(4)11-13)19(22)20-9-10-21-25(23,24)18-12-14(2)5-7-15(18)3/h5-8,11-12,21H,9-10H2,1-4H3,(H,20,22). The van der Waals surface area contributed by atoms with Crippen LogP contribution in [0.3, 0.4) is 0 Å². The molecule has 6 heteroatoms. The summed E-state index contributed by atoms with van der Waals surface area (Å²) in [5, 5.41) is 2.74. The fourth-order valence-electron chi connectivity index (χ4n) is 2.60. The van der Waals surface area contributed by atoms with Crippen molar-refractivity contribution in [2.24, 2.45) is 0 Å². The van der Waals surface area contributed by atoms with Gasteiger partial charge < -0.3 is 5.32 Å². The Balaban J connectivity index is 1.94. The zero-order chi connectivity index (χ0) is 18.6. The van der Waals surface area contributed by atoms with Gasteiger partial charge in [0.05, 0.1) is 4.90 Å². The van der Waals surface area contributed by atoms with E-state index in [0.29, 0.717) is 11.1 Å². The summed E-state index contributed by atoms with van der Waals surface area (Å²) in [6.07, 6.45) is 0. The summed E-state index contributed by atoms with van der Waals surface area (Å²) in [7, 11) is -3.59. The Bertz CT molecular complexity index is 890. The minimum atomic E-state index is -3.59. The first kappa shape index (κ1) is 19.1. The first-order valence-electron chi connectivity index (χ1n) is 8.13. The van der Waals surface area contributed by atoms with E-state index < -0.39 is 10.0 Å². The van der Waals surface area contributed by atoms with Crippen LogP contribution in [0.15, 0.2) is 41.3 Å². The average molecular weight is 360 g/mol. The van der Waals surface area contributed by atoms with Crippen LogP contribution in [0.5, 0.6) is 0 Å². The highest BCUT2D eigenvalue weighted by molar-refractivity contribution is 7.89. The largest absolute Gasteiger partial charge is 0.351 e. The lowest BCUT2D eigenvalue weighted by atomic mass is 10.1. The van der Waals surface area contributed by atoms with Gasteiger partial charge in [-0.15, -0.1) is 0 Å². The minimum Gasteiger partial charge on any atom is -0.351 e. The monoisotopic (exact) mass is 360 g/mol. The first-order chi connectivity index (χ1) is 11.7. The molecule has 0 aliphatic rings. The number of amides is 1. The summed E-state index contributed by atoms with van der Waals surface area (Å²) in [6.45, 7) is 7.81. The average Bonchev–Trinajstić information content (AvgIpc) is 2.53. The normalized spacial score (nSPS) is 11.4. The summed E-state index contributed by atoms with van der Waals surface area (Å²) in [4.78, 5) is 12.5. The Hall–Kier alpha value is -2.18. The van der Waals surface area contributed by atoms with Crippen LogP contribution in [-0.2, 0) is 10.0 Å². The van der Waals surface area contributed by atoms with E-state index in [4.69, 9.17) is 0 Å². The minimum absolute atomic E-state index is 0.131. The van der Waals surface area contributed by atoms with Gasteiger partial charge in [0.1, 0.15) is 0 Å². The molecule has 0 radical (unpaired) electrons. The molecule has 0 aliphatic heterocycles. The van der Waals surface area contributed by atoms with Gasteiger partial charge in [0, 0.05) is 18.7 Å². The van der Waals surface area contributed by atoms with Gasteiger partial charge >= 0.3 is 0 Å². The number of sulfonamides is 1. The number of carbonyl (C=O) groups excluding carboxylic acids is 1. The van der Waals surface area contributed by atoms with E-state index in [-0.39, 0.29) is 23.9 Å². The molecule has 134 valence electrons. The molecule has 0 saturated heterocycles. The summed E-state index contributed by atoms with van der Waals surface area (Å²) in [5.74, 6) is -0.205. The first-order valence-corrected chi connectivity index (χ1v) is 9.61. The Morgan fingerprint density at radius 1 is 0.880 bits per heavy atom. The van der Waals surface area contributed by atoms with Crippen molar-refractivity contribution >= 4 is 15.9 Å². The second-order valence-electron chi connectivity index (χ2n) is 6.24. The molecule has 0 aromatic heterocycles. The highest BCUT2D eigenvalue weighted by Gasteiger charge is 2.16. The van der Waals surface area contributed by atoms with Gasteiger partial charge in [0.2, 0.25) is 10.0 Å². The van der Waals surface area contributed by atoms with Gasteiger partial charge in [-0.2, -0.15) is 0 Å². The SMILES string of the molecule is Cc1ccc(C(=O)NCCNS(=O)(=O)c2cc(C)ccc2C)c(C)c1. The van der Waals surface area contributed by atoms with Crippen LogP contribution in [0.25, 0.3) is 0 Å². The van der Waals surface area contributed by atoms with Crippen molar-refractivity contribution in [3.8, 4) is 0 Å². The van der Waals surface area contributed by atoms with Gasteiger partial charge in [-0.3, -0.25) is 4.79 Å². The molecular weight excluding hydrogens is 336 g/mol. The lowest BCUT2D eigenvalue weighted by molar-refractivity contribution is 0.0953. The van der Waals surface area contributed by atoms with E-state index in [9.17, 15) is 13.2 Å². The maximum absolute atomic E-state index is 12.4. The van der Waals surface area contributed by atoms with Gasteiger partial charge in [-0.25, -0.2) is 13.1 Å². The fourth-order valence-corrected chi connectivity index (χ4v) is 3.96. The number of nitrogens with one attached hydrogen (secondary N) is 2. The van der Waals surface area contributed by atoms with Crippen LogP contribution in [0.1, 0.15) is 32.6 Å². The Morgan fingerprint density at radius 2 is 1.52 bits per heavy atom. The third-order valence-corrected chi connectivity index (χ3v) is 5.57. The zero-order valence-corrected chi connectivity index (χ0v) is 15.8. The molecular formula is C19H24N2O3S. The Morgan fingerprint density at radius 3 is 2.20 bits per heavy atom. The van der Waals surface area contributed by atoms with Crippen molar-refractivity contribution in [1.29, 1.82) is 0 Å². The molecule has 25 heavy (non-hydrogen) atoms. The number of hydrogen-bond acceptors (Lipinski definition) is 3. The summed E-state index contributed by atoms with van der Waals surface area (Å²) >= 11 is 0. The van der Waals surface area contributed by atoms with Gasteiger partial charge in [-0.1, -0.05) is 29.8 Å². The van der Waals surface area contributed by atoms with Crippen LogP contribution in [0, 0.1) is 27.7 Å². The molecule has 0 atom stereocenters. The summed E-state index contributed by atoms with van der Waals surface area (Å²) in [6, 6.07) is 10.9. The van der Waals surface area contributed by atoms with E-state index in [1.165, 1.54) is 0 Å². The lowest BCUT2D eigenvalue weighted by Gasteiger charge is -2.11. The molecule has 0 heterocycles. The van der Waals surface area contributed by atoms with E-state index in [1.54, 1.807) is 25.1 Å². The number of benzene rings is 2. The molecule has 0 bridgehead atoms. The van der Waals surface area contributed by atoms with Crippen molar-refractivity contribution < 1.29 is 13.2 Å². The number of aryl methyl sites for hydroxylation is 4. The predicted octanol–water partition coefficient (Wildman–Crippen LogP) is 2.63. The molecule has 0 spiro atoms. The summed E-state index contributed by atoms with van der Waals surface area (Å²) in [5.41, 5.74) is 4.17. The van der Waals surface area contributed by atoms with Crippen molar-refractivity contribution in [2.45, 2.75) is 32.6 Å². The predicted molar refractivity (Wildman–Crippen MR) is 99.4 cm³/mol. The van der Waals surface area contributed by atoms with Gasteiger partial charge in [0.15, 0.2) is 0 Å². The third kappa shape index (κ3) is 4.90. The quantitative estimate of drug-likeness (QED) is 0.778. The van der Waals surface area contributed by atoms with Crippen LogP contribution in [0.2, 0.25) is 0 Å². The maximum atomic E-state index is 12.4. The lowest BCUT2D eigenvalue weighted by Crippen LogP contribution is -2.35. The summed E-state index contributed by atoms with van der Waals surface area (Å²) < 4.78 is 27.3. The number of hydrogen-bond donors (Lipinski definition) is 2. The molecule has 2 aromatic carbocycles. The van der Waals surface area contributed by atoms with E-state index in [0.717, 1.165) is 16.7 Å². The van der Waals surface area contributed by atoms with Crippen molar-refractivity contribution in [2.75, 3.05) is 13.1 Å². The molecule has 5 nitrogen and oxygen atoms in total. The molecule has 0 unspecified atom stereocenters. The molecule has 1 amide bonds. The maximum Gasteiger partial charge on any atom is 0.251 e. The molecule has 0 fully saturated rings. The van der Waals surface area contributed by atoms with Crippen molar-refractivity contribution in [3.05, 3.63) is 64.2 Å². The molecule has 2 rings (SSSR count). The molecule has 0 saturated carbocycles. The van der Waals surface area contributed by atoms with E-state index in [2.05, 4.69) is 10.0 Å². The number of carbonyl (C=O) groups is 1. The second kappa shape index (κ2) is 7.80. The van der Waals surface area contributed by atoms with Crippen molar-refractivity contribution in [3.63, 3.8) is 0 Å². The van der Waals surface area contributed by atoms with Crippen molar-refractivity contribution in [1.82, 2.24) is 10.0 Å². The van der Waals surface area contributed by atoms with Crippen LogP contribution in [0.4, 0.5) is 0 Å². The smallest absolute Gasteiger partial charge is 0.251 e. The van der Waals surface area contributed by atoms with Gasteiger partial charge in [0.25, 0.3) is 5.91 Å². The second-order valence-corrected chi connectivity index (χ2v) is 7.98.